The largest absolute Gasteiger partial charge is 0.493 e. The van der Waals surface area contributed by atoms with Gasteiger partial charge >= 0.3 is 12.0 Å². The lowest BCUT2D eigenvalue weighted by Crippen LogP contribution is -2.52. The van der Waals surface area contributed by atoms with Gasteiger partial charge in [-0.3, -0.25) is 4.90 Å². The van der Waals surface area contributed by atoms with E-state index in [0.29, 0.717) is 41.5 Å². The number of hydrogen-bond donors (Lipinski definition) is 2. The van der Waals surface area contributed by atoms with Gasteiger partial charge in [0.1, 0.15) is 5.82 Å². The molecule has 4 rings (SSSR count). The van der Waals surface area contributed by atoms with Gasteiger partial charge in [-0.1, -0.05) is 12.1 Å². The summed E-state index contributed by atoms with van der Waals surface area (Å²) in [5, 5.41) is 5.74. The molecule has 3 heterocycles. The number of methoxy groups -OCH3 is 1. The second kappa shape index (κ2) is 11.8. The fourth-order valence-electron chi connectivity index (χ4n) is 4.48. The Balaban J connectivity index is 1.60. The lowest BCUT2D eigenvalue weighted by molar-refractivity contribution is -0.139. The third-order valence-corrected chi connectivity index (χ3v) is 6.20. The number of hydrogen-bond acceptors (Lipinski definition) is 8. The number of rotatable bonds is 9. The normalized spacial score (nSPS) is 18.4. The molecule has 2 aliphatic rings. The number of ether oxygens (including phenoxy) is 3. The van der Waals surface area contributed by atoms with Crippen LogP contribution in [0.15, 0.2) is 53.9 Å². The van der Waals surface area contributed by atoms with Crippen molar-refractivity contribution < 1.29 is 23.8 Å². The van der Waals surface area contributed by atoms with Gasteiger partial charge in [-0.25, -0.2) is 14.6 Å². The quantitative estimate of drug-likeness (QED) is 0.512. The van der Waals surface area contributed by atoms with Crippen LogP contribution < -0.4 is 25.0 Å². The molecular formula is C26H33N5O5. The maximum atomic E-state index is 13.1. The molecule has 0 radical (unpaired) electrons. The molecule has 1 fully saturated rings. The Hall–Kier alpha value is -3.79. The Labute approximate surface area is 211 Å². The molecule has 10 heteroatoms. The van der Waals surface area contributed by atoms with Gasteiger partial charge in [0.15, 0.2) is 11.5 Å². The van der Waals surface area contributed by atoms with Crippen LogP contribution >= 0.6 is 0 Å². The van der Waals surface area contributed by atoms with Crippen LogP contribution in [-0.4, -0.2) is 74.9 Å². The maximum Gasteiger partial charge on any atom is 0.338 e. The molecule has 10 nitrogen and oxygen atoms in total. The average molecular weight is 496 g/mol. The summed E-state index contributed by atoms with van der Waals surface area (Å²) >= 11 is 0. The van der Waals surface area contributed by atoms with Gasteiger partial charge in [-0.05, 0) is 43.7 Å². The van der Waals surface area contributed by atoms with Gasteiger partial charge in [0, 0.05) is 44.6 Å². The minimum absolute atomic E-state index is 0.228. The van der Waals surface area contributed by atoms with Crippen molar-refractivity contribution in [2.75, 3.05) is 57.9 Å². The number of anilines is 1. The third-order valence-electron chi connectivity index (χ3n) is 6.20. The fraction of sp³-hybridized carbons (Fsp3) is 0.423. The molecular weight excluding hydrogens is 462 g/mol. The zero-order chi connectivity index (χ0) is 25.5. The van der Waals surface area contributed by atoms with Crippen LogP contribution in [0.2, 0.25) is 0 Å². The van der Waals surface area contributed by atoms with E-state index in [1.807, 2.05) is 31.2 Å². The molecule has 1 aromatic carbocycles. The molecule has 0 bridgehead atoms. The molecule has 2 aromatic rings. The molecule has 2 aliphatic heterocycles. The molecule has 2 N–H and O–H groups in total. The van der Waals surface area contributed by atoms with Crippen molar-refractivity contribution in [3.05, 3.63) is 59.4 Å². The van der Waals surface area contributed by atoms with Crippen molar-refractivity contribution in [1.29, 1.82) is 0 Å². The maximum absolute atomic E-state index is 13.1. The van der Waals surface area contributed by atoms with Crippen molar-refractivity contribution >= 4 is 17.8 Å². The van der Waals surface area contributed by atoms with Crippen molar-refractivity contribution in [3.8, 4) is 11.5 Å². The zero-order valence-electron chi connectivity index (χ0n) is 21.0. The number of aromatic nitrogens is 1. The lowest BCUT2D eigenvalue weighted by Gasteiger charge is -2.37. The number of benzene rings is 1. The van der Waals surface area contributed by atoms with Crippen molar-refractivity contribution in [2.24, 2.45) is 0 Å². The number of esters is 1. The number of carbonyl (C=O) groups is 2. The lowest BCUT2D eigenvalue weighted by atomic mass is 9.94. The predicted molar refractivity (Wildman–Crippen MR) is 135 cm³/mol. The standard InChI is InChI=1S/C26H33N5O5/c1-4-35-20-10-9-18(16-21(20)34-3)24-23(25(32)36-5-2)19(28-26(33)29-24)17-30-12-14-31(15-13-30)22-8-6-7-11-27-22/h6-11,16,24H,4-5,12-15,17H2,1-3H3,(H2,28,29,33)/t24-/m1/s1. The van der Waals surface area contributed by atoms with Gasteiger partial charge < -0.3 is 29.7 Å². The van der Waals surface area contributed by atoms with Crippen LogP contribution in [0.4, 0.5) is 10.6 Å². The molecule has 0 unspecified atom stereocenters. The number of amides is 2. The number of piperazine rings is 1. The topological polar surface area (TPSA) is 105 Å². The van der Waals surface area contributed by atoms with Crippen molar-refractivity contribution in [1.82, 2.24) is 20.5 Å². The number of nitrogens with one attached hydrogen (secondary N) is 2. The van der Waals surface area contributed by atoms with E-state index in [4.69, 9.17) is 14.2 Å². The van der Waals surface area contributed by atoms with Crippen molar-refractivity contribution in [3.63, 3.8) is 0 Å². The van der Waals surface area contributed by atoms with Gasteiger partial charge in [-0.2, -0.15) is 0 Å². The first-order chi connectivity index (χ1) is 17.5. The first kappa shape index (κ1) is 25.3. The zero-order valence-corrected chi connectivity index (χ0v) is 21.0. The smallest absolute Gasteiger partial charge is 0.338 e. The highest BCUT2D eigenvalue weighted by Gasteiger charge is 2.35. The van der Waals surface area contributed by atoms with Gasteiger partial charge in [0.2, 0.25) is 0 Å². The van der Waals surface area contributed by atoms with E-state index in [1.54, 1.807) is 32.4 Å². The minimum Gasteiger partial charge on any atom is -0.493 e. The molecule has 36 heavy (non-hydrogen) atoms. The second-order valence-electron chi connectivity index (χ2n) is 8.44. The average Bonchev–Trinajstić information content (AvgIpc) is 2.90. The van der Waals surface area contributed by atoms with E-state index in [9.17, 15) is 9.59 Å². The monoisotopic (exact) mass is 495 g/mol. The summed E-state index contributed by atoms with van der Waals surface area (Å²) in [5.41, 5.74) is 1.63. The highest BCUT2D eigenvalue weighted by Crippen LogP contribution is 2.35. The van der Waals surface area contributed by atoms with E-state index < -0.39 is 12.0 Å². The number of carbonyl (C=O) groups excluding carboxylic acids is 2. The van der Waals surface area contributed by atoms with Gasteiger partial charge in [0.05, 0.1) is 31.9 Å². The number of nitrogens with zero attached hydrogens (tertiary/aromatic N) is 3. The van der Waals surface area contributed by atoms with E-state index in [0.717, 1.165) is 32.0 Å². The molecule has 0 aliphatic carbocycles. The molecule has 2 amide bonds. The highest BCUT2D eigenvalue weighted by atomic mass is 16.5. The number of urea groups is 1. The summed E-state index contributed by atoms with van der Waals surface area (Å²) in [6, 6.07) is 10.2. The van der Waals surface area contributed by atoms with Gasteiger partial charge in [-0.15, -0.1) is 0 Å². The van der Waals surface area contributed by atoms with Gasteiger partial charge in [0.25, 0.3) is 0 Å². The Bertz CT molecular complexity index is 1100. The summed E-state index contributed by atoms with van der Waals surface area (Å²) in [6.07, 6.45) is 1.79. The molecule has 0 saturated carbocycles. The molecule has 1 saturated heterocycles. The molecule has 1 atom stereocenters. The second-order valence-corrected chi connectivity index (χ2v) is 8.44. The van der Waals surface area contributed by atoms with E-state index in [-0.39, 0.29) is 12.6 Å². The van der Waals surface area contributed by atoms with Crippen LogP contribution in [0, 0.1) is 0 Å². The third kappa shape index (κ3) is 5.71. The van der Waals surface area contributed by atoms with Crippen molar-refractivity contribution in [2.45, 2.75) is 19.9 Å². The summed E-state index contributed by atoms with van der Waals surface area (Å²) in [6.45, 7) is 7.92. The van der Waals surface area contributed by atoms with Crippen LogP contribution in [0.25, 0.3) is 0 Å². The SMILES string of the molecule is CCOC(=O)C1=C(CN2CCN(c3ccccn3)CC2)NC(=O)N[C@@H]1c1ccc(OCC)c(OC)c1. The van der Waals surface area contributed by atoms with Crippen LogP contribution in [0.3, 0.4) is 0 Å². The van der Waals surface area contributed by atoms with E-state index in [2.05, 4.69) is 25.4 Å². The fourth-order valence-corrected chi connectivity index (χ4v) is 4.48. The summed E-state index contributed by atoms with van der Waals surface area (Å²) in [5.74, 6) is 1.60. The Morgan fingerprint density at radius 1 is 1.08 bits per heavy atom. The highest BCUT2D eigenvalue weighted by molar-refractivity contribution is 5.95. The minimum atomic E-state index is -0.688. The Morgan fingerprint density at radius 3 is 2.56 bits per heavy atom. The first-order valence-corrected chi connectivity index (χ1v) is 12.2. The molecule has 0 spiro atoms. The number of pyridine rings is 1. The Kier molecular flexibility index (Phi) is 8.27. The first-order valence-electron chi connectivity index (χ1n) is 12.2. The summed E-state index contributed by atoms with van der Waals surface area (Å²) in [7, 11) is 1.56. The van der Waals surface area contributed by atoms with Crippen LogP contribution in [-0.2, 0) is 9.53 Å². The van der Waals surface area contributed by atoms with Crippen LogP contribution in [0.1, 0.15) is 25.5 Å². The molecule has 1 aromatic heterocycles. The van der Waals surface area contributed by atoms with E-state index in [1.165, 1.54) is 0 Å². The van der Waals surface area contributed by atoms with E-state index >= 15 is 0 Å². The van der Waals surface area contributed by atoms with Crippen LogP contribution in [0.5, 0.6) is 11.5 Å². The summed E-state index contributed by atoms with van der Waals surface area (Å²) in [4.78, 5) is 34.7. The summed E-state index contributed by atoms with van der Waals surface area (Å²) < 4.78 is 16.5. The molecule has 192 valence electrons. The Morgan fingerprint density at radius 2 is 1.89 bits per heavy atom. The predicted octanol–water partition coefficient (Wildman–Crippen LogP) is 2.48.